The molecule has 0 fully saturated rings. The van der Waals surface area contributed by atoms with E-state index in [4.69, 9.17) is 5.11 Å². The van der Waals surface area contributed by atoms with E-state index >= 15 is 0 Å². The lowest BCUT2D eigenvalue weighted by Crippen LogP contribution is -2.29. The van der Waals surface area contributed by atoms with Crippen LogP contribution in [-0.4, -0.2) is 36.3 Å². The van der Waals surface area contributed by atoms with Gasteiger partial charge in [0.15, 0.2) is 0 Å². The molecule has 0 bridgehead atoms. The predicted molar refractivity (Wildman–Crippen MR) is 56.8 cm³/mol. The number of hydrogen-bond acceptors (Lipinski definition) is 3. The minimum absolute atomic E-state index is 0.255. The molecule has 0 rings (SSSR count). The van der Waals surface area contributed by atoms with Crippen LogP contribution in [0, 0.1) is 0 Å². The van der Waals surface area contributed by atoms with Gasteiger partial charge in [0.2, 0.25) is 0 Å². The van der Waals surface area contributed by atoms with Crippen LogP contribution in [0.15, 0.2) is 0 Å². The Hall–Kier alpha value is 0.270. The Morgan fingerprint density at radius 3 is 2.67 bits per heavy atom. The number of rotatable bonds is 8. The molecule has 12 heavy (non-hydrogen) atoms. The molecule has 1 unspecified atom stereocenters. The zero-order valence-electron chi connectivity index (χ0n) is 8.18. The average Bonchev–Trinajstić information content (AvgIpc) is 2.11. The summed E-state index contributed by atoms with van der Waals surface area (Å²) < 4.78 is 0. The van der Waals surface area contributed by atoms with Gasteiger partial charge in [-0.25, -0.2) is 0 Å². The molecule has 0 spiro atoms. The highest BCUT2D eigenvalue weighted by Gasteiger charge is 2.02. The summed E-state index contributed by atoms with van der Waals surface area (Å²) in [5.41, 5.74) is 0. The van der Waals surface area contributed by atoms with Crippen LogP contribution in [0.3, 0.4) is 0 Å². The first-order valence-electron chi connectivity index (χ1n) is 4.71. The lowest BCUT2D eigenvalue weighted by molar-refractivity contribution is 0.246. The van der Waals surface area contributed by atoms with Gasteiger partial charge in [0.05, 0.1) is 6.61 Å². The zero-order chi connectivity index (χ0) is 9.23. The number of likely N-dealkylation sites (N-methyl/N-ethyl adjacent to an activating group) is 1. The van der Waals surface area contributed by atoms with Crippen molar-refractivity contribution < 1.29 is 5.11 Å². The smallest absolute Gasteiger partial charge is 0.0584 e. The van der Waals surface area contributed by atoms with E-state index in [-0.39, 0.29) is 6.61 Å². The predicted octanol–water partition coefficient (Wildman–Crippen LogP) is 1.49. The molecule has 0 heterocycles. The molecule has 0 saturated carbocycles. The third-order valence-electron chi connectivity index (χ3n) is 1.88. The Morgan fingerprint density at radius 1 is 1.42 bits per heavy atom. The maximum Gasteiger partial charge on any atom is 0.0584 e. The molecule has 0 saturated heterocycles. The number of aliphatic hydroxyl groups excluding tert-OH is 1. The minimum atomic E-state index is 0.255. The highest BCUT2D eigenvalue weighted by molar-refractivity contribution is 7.99. The standard InChI is InChI=1S/C9H21NOS/c1-3-4-6-12-7-5-9(8-11)10-2/h9-11H,3-8H2,1-2H3. The number of hydrogen-bond donors (Lipinski definition) is 2. The van der Waals surface area contributed by atoms with Gasteiger partial charge in [-0.15, -0.1) is 0 Å². The summed E-state index contributed by atoms with van der Waals surface area (Å²) in [6.45, 7) is 2.47. The molecule has 0 aromatic rings. The Balaban J connectivity index is 3.06. The highest BCUT2D eigenvalue weighted by Crippen LogP contribution is 2.07. The highest BCUT2D eigenvalue weighted by atomic mass is 32.2. The zero-order valence-corrected chi connectivity index (χ0v) is 8.99. The molecule has 0 aliphatic heterocycles. The fraction of sp³-hybridized carbons (Fsp3) is 1.00. The van der Waals surface area contributed by atoms with Crippen LogP contribution < -0.4 is 5.32 Å². The van der Waals surface area contributed by atoms with E-state index < -0.39 is 0 Å². The summed E-state index contributed by atoms with van der Waals surface area (Å²) in [6.07, 6.45) is 3.66. The lowest BCUT2D eigenvalue weighted by Gasteiger charge is -2.11. The maximum atomic E-state index is 8.86. The lowest BCUT2D eigenvalue weighted by atomic mass is 10.2. The largest absolute Gasteiger partial charge is 0.395 e. The summed E-state index contributed by atoms with van der Waals surface area (Å²) in [7, 11) is 1.90. The van der Waals surface area contributed by atoms with Crippen molar-refractivity contribution in [3.8, 4) is 0 Å². The first kappa shape index (κ1) is 12.3. The summed E-state index contributed by atoms with van der Waals surface area (Å²) in [4.78, 5) is 0. The van der Waals surface area contributed by atoms with Gasteiger partial charge in [-0.3, -0.25) is 0 Å². The van der Waals surface area contributed by atoms with Gasteiger partial charge in [0.25, 0.3) is 0 Å². The van der Waals surface area contributed by atoms with E-state index in [1.54, 1.807) is 0 Å². The van der Waals surface area contributed by atoms with Crippen molar-refractivity contribution in [3.63, 3.8) is 0 Å². The molecule has 0 amide bonds. The molecule has 2 nitrogen and oxygen atoms in total. The summed E-state index contributed by atoms with van der Waals surface area (Å²) >= 11 is 1.99. The van der Waals surface area contributed by atoms with E-state index in [0.29, 0.717) is 6.04 Å². The van der Waals surface area contributed by atoms with Gasteiger partial charge < -0.3 is 10.4 Å². The van der Waals surface area contributed by atoms with Crippen LogP contribution in [0.25, 0.3) is 0 Å². The average molecular weight is 191 g/mol. The molecule has 74 valence electrons. The van der Waals surface area contributed by atoms with Crippen LogP contribution >= 0.6 is 11.8 Å². The van der Waals surface area contributed by atoms with E-state index in [9.17, 15) is 0 Å². The molecule has 0 aliphatic rings. The van der Waals surface area contributed by atoms with Gasteiger partial charge in [0, 0.05) is 6.04 Å². The minimum Gasteiger partial charge on any atom is -0.395 e. The fourth-order valence-electron chi connectivity index (χ4n) is 0.901. The normalized spacial score (nSPS) is 13.2. The maximum absolute atomic E-state index is 8.86. The van der Waals surface area contributed by atoms with Crippen molar-refractivity contribution in [3.05, 3.63) is 0 Å². The first-order valence-corrected chi connectivity index (χ1v) is 5.86. The fourth-order valence-corrected chi connectivity index (χ4v) is 2.05. The van der Waals surface area contributed by atoms with E-state index in [2.05, 4.69) is 12.2 Å². The van der Waals surface area contributed by atoms with Crippen molar-refractivity contribution >= 4 is 11.8 Å². The molecular formula is C9H21NOS. The third kappa shape index (κ3) is 6.95. The van der Waals surface area contributed by atoms with Crippen molar-refractivity contribution in [1.82, 2.24) is 5.32 Å². The van der Waals surface area contributed by atoms with Crippen LogP contribution in [0.5, 0.6) is 0 Å². The summed E-state index contributed by atoms with van der Waals surface area (Å²) in [6, 6.07) is 0.291. The number of unbranched alkanes of at least 4 members (excludes halogenated alkanes) is 1. The van der Waals surface area contributed by atoms with Crippen molar-refractivity contribution in [2.45, 2.75) is 32.2 Å². The van der Waals surface area contributed by atoms with Crippen molar-refractivity contribution in [1.29, 1.82) is 0 Å². The Bertz CT molecular complexity index is 86.6. The third-order valence-corrected chi connectivity index (χ3v) is 2.98. The monoisotopic (exact) mass is 191 g/mol. The summed E-state index contributed by atoms with van der Waals surface area (Å²) in [5.74, 6) is 2.42. The Kier molecular flexibility index (Phi) is 9.57. The second-order valence-electron chi connectivity index (χ2n) is 2.92. The molecule has 1 atom stereocenters. The van der Waals surface area contributed by atoms with E-state index in [1.807, 2.05) is 18.8 Å². The van der Waals surface area contributed by atoms with Gasteiger partial charge >= 0.3 is 0 Å². The van der Waals surface area contributed by atoms with Gasteiger partial charge in [-0.05, 0) is 31.4 Å². The molecule has 2 N–H and O–H groups in total. The van der Waals surface area contributed by atoms with E-state index in [0.717, 1.165) is 12.2 Å². The quantitative estimate of drug-likeness (QED) is 0.570. The Morgan fingerprint density at radius 2 is 2.17 bits per heavy atom. The molecule has 0 aromatic heterocycles. The number of thioether (sulfide) groups is 1. The molecule has 3 heteroatoms. The SMILES string of the molecule is CCCCSCCC(CO)NC. The van der Waals surface area contributed by atoms with Gasteiger partial charge in [0.1, 0.15) is 0 Å². The van der Waals surface area contributed by atoms with E-state index in [1.165, 1.54) is 18.6 Å². The topological polar surface area (TPSA) is 32.3 Å². The van der Waals surface area contributed by atoms with Gasteiger partial charge in [-0.2, -0.15) is 11.8 Å². The van der Waals surface area contributed by atoms with Crippen molar-refractivity contribution in [2.24, 2.45) is 0 Å². The van der Waals surface area contributed by atoms with Crippen LogP contribution in [0.2, 0.25) is 0 Å². The molecule has 0 radical (unpaired) electrons. The second kappa shape index (κ2) is 9.36. The Labute approximate surface area is 80.1 Å². The molecule has 0 aromatic carbocycles. The summed E-state index contributed by atoms with van der Waals surface area (Å²) in [5, 5.41) is 11.9. The van der Waals surface area contributed by atoms with Gasteiger partial charge in [-0.1, -0.05) is 13.3 Å². The first-order chi connectivity index (χ1) is 5.85. The van der Waals surface area contributed by atoms with Crippen LogP contribution in [0.4, 0.5) is 0 Å². The van der Waals surface area contributed by atoms with Crippen LogP contribution in [-0.2, 0) is 0 Å². The molecular weight excluding hydrogens is 170 g/mol. The second-order valence-corrected chi connectivity index (χ2v) is 4.15. The number of aliphatic hydroxyl groups is 1. The number of nitrogens with one attached hydrogen (secondary N) is 1. The molecule has 0 aliphatic carbocycles. The van der Waals surface area contributed by atoms with Crippen LogP contribution in [0.1, 0.15) is 26.2 Å². The van der Waals surface area contributed by atoms with Crippen molar-refractivity contribution in [2.75, 3.05) is 25.2 Å².